The zero-order valence-electron chi connectivity index (χ0n) is 9.80. The zero-order chi connectivity index (χ0) is 13.7. The number of amidine groups is 1. The molecule has 0 atom stereocenters. The summed E-state index contributed by atoms with van der Waals surface area (Å²) in [7, 11) is 0. The van der Waals surface area contributed by atoms with Gasteiger partial charge in [-0.05, 0) is 19.1 Å². The molecule has 0 saturated carbocycles. The van der Waals surface area contributed by atoms with E-state index < -0.39 is 11.7 Å². The number of amides is 1. The van der Waals surface area contributed by atoms with Gasteiger partial charge in [0, 0.05) is 12.6 Å². The van der Waals surface area contributed by atoms with E-state index in [-0.39, 0.29) is 30.2 Å². The Morgan fingerprint density at radius 1 is 1.56 bits per heavy atom. The smallest absolute Gasteiger partial charge is 0.257 e. The van der Waals surface area contributed by atoms with Gasteiger partial charge in [-0.15, -0.1) is 0 Å². The fraction of sp³-hybridized carbons (Fsp3) is 0.273. The fourth-order valence-electron chi connectivity index (χ4n) is 1.40. The molecule has 1 aromatic carbocycles. The lowest BCUT2D eigenvalue weighted by atomic mass is 10.1. The van der Waals surface area contributed by atoms with Gasteiger partial charge in [-0.25, -0.2) is 4.39 Å². The van der Waals surface area contributed by atoms with E-state index in [2.05, 4.69) is 5.16 Å². The molecular weight excluding hydrogens is 241 g/mol. The first-order valence-electron chi connectivity index (χ1n) is 5.23. The van der Waals surface area contributed by atoms with Crippen LogP contribution in [0.1, 0.15) is 17.3 Å². The largest absolute Gasteiger partial charge is 0.508 e. The van der Waals surface area contributed by atoms with Crippen molar-refractivity contribution in [3.63, 3.8) is 0 Å². The molecule has 0 spiro atoms. The van der Waals surface area contributed by atoms with Crippen LogP contribution >= 0.6 is 0 Å². The van der Waals surface area contributed by atoms with Crippen LogP contribution in [0.25, 0.3) is 0 Å². The topological polar surface area (TPSA) is 99.1 Å². The average Bonchev–Trinajstić information content (AvgIpc) is 2.34. The van der Waals surface area contributed by atoms with E-state index in [0.29, 0.717) is 0 Å². The standard InChI is InChI=1S/C11H14FN3O3/c1-2-15(6-10(13)14-18)11(17)8-4-3-7(16)5-9(8)12/h3-5,16,18H,2,6H2,1H3,(H2,13,14). The lowest BCUT2D eigenvalue weighted by Gasteiger charge is -2.20. The predicted molar refractivity (Wildman–Crippen MR) is 63.1 cm³/mol. The molecule has 18 heavy (non-hydrogen) atoms. The fourth-order valence-corrected chi connectivity index (χ4v) is 1.40. The highest BCUT2D eigenvalue weighted by atomic mass is 19.1. The quantitative estimate of drug-likeness (QED) is 0.320. The lowest BCUT2D eigenvalue weighted by molar-refractivity contribution is 0.0781. The van der Waals surface area contributed by atoms with Gasteiger partial charge in [0.25, 0.3) is 5.91 Å². The zero-order valence-corrected chi connectivity index (χ0v) is 9.80. The van der Waals surface area contributed by atoms with Gasteiger partial charge in [0.15, 0.2) is 5.84 Å². The number of halogens is 1. The molecule has 6 nitrogen and oxygen atoms in total. The normalized spacial score (nSPS) is 11.3. The number of oxime groups is 1. The Morgan fingerprint density at radius 2 is 2.22 bits per heavy atom. The SMILES string of the molecule is CCN(C/C(N)=N/O)C(=O)c1ccc(O)cc1F. The van der Waals surface area contributed by atoms with Gasteiger partial charge < -0.3 is 20.9 Å². The van der Waals surface area contributed by atoms with Gasteiger partial charge in [-0.2, -0.15) is 0 Å². The second-order valence-corrected chi connectivity index (χ2v) is 3.57. The summed E-state index contributed by atoms with van der Waals surface area (Å²) in [6, 6.07) is 3.25. The summed E-state index contributed by atoms with van der Waals surface area (Å²) < 4.78 is 13.5. The highest BCUT2D eigenvalue weighted by Gasteiger charge is 2.19. The Balaban J connectivity index is 2.96. The highest BCUT2D eigenvalue weighted by Crippen LogP contribution is 2.16. The van der Waals surface area contributed by atoms with E-state index in [0.717, 1.165) is 6.07 Å². The van der Waals surface area contributed by atoms with Crippen LogP contribution in [-0.4, -0.2) is 40.0 Å². The molecule has 0 unspecified atom stereocenters. The van der Waals surface area contributed by atoms with Crippen LogP contribution in [0.5, 0.6) is 5.75 Å². The molecule has 1 aromatic rings. The molecule has 7 heteroatoms. The Kier molecular flexibility index (Phi) is 4.47. The minimum Gasteiger partial charge on any atom is -0.508 e. The minimum atomic E-state index is -0.821. The molecule has 0 heterocycles. The van der Waals surface area contributed by atoms with Crippen molar-refractivity contribution in [1.29, 1.82) is 0 Å². The van der Waals surface area contributed by atoms with Crippen LogP contribution in [0.3, 0.4) is 0 Å². The van der Waals surface area contributed by atoms with Crippen LogP contribution in [-0.2, 0) is 0 Å². The molecule has 0 fully saturated rings. The van der Waals surface area contributed by atoms with E-state index in [9.17, 15) is 9.18 Å². The lowest BCUT2D eigenvalue weighted by Crippen LogP contribution is -2.38. The van der Waals surface area contributed by atoms with Crippen molar-refractivity contribution in [2.24, 2.45) is 10.9 Å². The molecule has 1 rings (SSSR count). The Morgan fingerprint density at radius 3 is 2.72 bits per heavy atom. The van der Waals surface area contributed by atoms with Crippen molar-refractivity contribution in [2.75, 3.05) is 13.1 Å². The molecule has 0 saturated heterocycles. The molecule has 0 aliphatic carbocycles. The van der Waals surface area contributed by atoms with E-state index in [1.807, 2.05) is 0 Å². The number of hydrogen-bond acceptors (Lipinski definition) is 4. The summed E-state index contributed by atoms with van der Waals surface area (Å²) >= 11 is 0. The molecule has 4 N–H and O–H groups in total. The van der Waals surface area contributed by atoms with Crippen molar-refractivity contribution in [3.8, 4) is 5.75 Å². The molecule has 0 aliphatic rings. The number of aromatic hydroxyl groups is 1. The first-order valence-corrected chi connectivity index (χ1v) is 5.23. The molecule has 98 valence electrons. The average molecular weight is 255 g/mol. The van der Waals surface area contributed by atoms with Gasteiger partial charge in [0.2, 0.25) is 0 Å². The number of hydrogen-bond donors (Lipinski definition) is 3. The predicted octanol–water partition coefficient (Wildman–Crippen LogP) is 0.740. The molecule has 0 radical (unpaired) electrons. The van der Waals surface area contributed by atoms with E-state index in [1.165, 1.54) is 17.0 Å². The third-order valence-electron chi connectivity index (χ3n) is 2.33. The number of nitrogens with two attached hydrogens (primary N) is 1. The van der Waals surface area contributed by atoms with Crippen LogP contribution in [0, 0.1) is 5.82 Å². The summed E-state index contributed by atoms with van der Waals surface area (Å²) in [5, 5.41) is 20.3. The summed E-state index contributed by atoms with van der Waals surface area (Å²) in [4.78, 5) is 13.2. The van der Waals surface area contributed by atoms with Crippen molar-refractivity contribution in [1.82, 2.24) is 4.90 Å². The summed E-state index contributed by atoms with van der Waals surface area (Å²) in [5.41, 5.74) is 5.12. The van der Waals surface area contributed by atoms with Crippen LogP contribution in [0.4, 0.5) is 4.39 Å². The number of likely N-dealkylation sites (N-methyl/N-ethyl adjacent to an activating group) is 1. The van der Waals surface area contributed by atoms with Crippen molar-refractivity contribution in [3.05, 3.63) is 29.6 Å². The second kappa shape index (κ2) is 5.85. The number of carbonyl (C=O) groups excluding carboxylic acids is 1. The number of phenols is 1. The van der Waals surface area contributed by atoms with Crippen LogP contribution in [0.15, 0.2) is 23.4 Å². The summed E-state index contributed by atoms with van der Waals surface area (Å²) in [6.45, 7) is 1.85. The first-order chi connectivity index (χ1) is 8.49. The minimum absolute atomic E-state index is 0.105. The van der Waals surface area contributed by atoms with Gasteiger partial charge >= 0.3 is 0 Å². The maximum atomic E-state index is 13.5. The van der Waals surface area contributed by atoms with E-state index >= 15 is 0 Å². The number of carbonyl (C=O) groups is 1. The molecular formula is C11H14FN3O3. The Hall–Kier alpha value is -2.31. The van der Waals surface area contributed by atoms with Gasteiger partial charge in [-0.3, -0.25) is 4.79 Å². The third kappa shape index (κ3) is 3.09. The number of benzene rings is 1. The number of rotatable bonds is 4. The van der Waals surface area contributed by atoms with Gasteiger partial charge in [0.05, 0.1) is 12.1 Å². The molecule has 0 aromatic heterocycles. The van der Waals surface area contributed by atoms with Crippen molar-refractivity contribution < 1.29 is 19.5 Å². The Bertz CT molecular complexity index is 477. The monoisotopic (exact) mass is 255 g/mol. The summed E-state index contributed by atoms with van der Waals surface area (Å²) in [5.74, 6) is -1.83. The maximum absolute atomic E-state index is 13.5. The maximum Gasteiger partial charge on any atom is 0.257 e. The molecule has 0 bridgehead atoms. The van der Waals surface area contributed by atoms with Gasteiger partial charge in [0.1, 0.15) is 11.6 Å². The summed E-state index contributed by atoms with van der Waals surface area (Å²) in [6.07, 6.45) is 0. The van der Waals surface area contributed by atoms with Crippen LogP contribution in [0.2, 0.25) is 0 Å². The highest BCUT2D eigenvalue weighted by molar-refractivity contribution is 5.97. The molecule has 1 amide bonds. The van der Waals surface area contributed by atoms with Crippen molar-refractivity contribution in [2.45, 2.75) is 6.92 Å². The first kappa shape index (κ1) is 13.8. The third-order valence-corrected chi connectivity index (χ3v) is 2.33. The van der Waals surface area contributed by atoms with Crippen LogP contribution < -0.4 is 5.73 Å². The number of nitrogens with zero attached hydrogens (tertiary/aromatic N) is 2. The van der Waals surface area contributed by atoms with Gasteiger partial charge in [-0.1, -0.05) is 5.16 Å². The Labute approximate surface area is 103 Å². The van der Waals surface area contributed by atoms with Crippen molar-refractivity contribution >= 4 is 11.7 Å². The molecule has 0 aliphatic heterocycles. The van der Waals surface area contributed by atoms with E-state index in [1.54, 1.807) is 6.92 Å². The second-order valence-electron chi connectivity index (χ2n) is 3.57. The number of phenolic OH excluding ortho intramolecular Hbond substituents is 1. The van der Waals surface area contributed by atoms with E-state index in [4.69, 9.17) is 16.0 Å².